The van der Waals surface area contributed by atoms with E-state index in [-0.39, 0.29) is 11.9 Å². The average Bonchev–Trinajstić information content (AvgIpc) is 3.09. The van der Waals surface area contributed by atoms with Crippen molar-refractivity contribution in [2.45, 2.75) is 38.8 Å². The lowest BCUT2D eigenvalue weighted by Gasteiger charge is -2.17. The maximum Gasteiger partial charge on any atom is 0.127 e. The monoisotopic (exact) mass is 247 g/mol. The van der Waals surface area contributed by atoms with Gasteiger partial charge in [-0.15, -0.1) is 0 Å². The summed E-state index contributed by atoms with van der Waals surface area (Å²) in [4.78, 5) is 4.55. The molecule has 1 aromatic heterocycles. The summed E-state index contributed by atoms with van der Waals surface area (Å²) in [5.74, 6) is 0.977. The number of halogens is 1. The molecule has 96 valence electrons. The Balaban J connectivity index is 2.20. The van der Waals surface area contributed by atoms with Gasteiger partial charge in [-0.1, -0.05) is 13.8 Å². The second kappa shape index (κ2) is 4.05. The van der Waals surface area contributed by atoms with E-state index in [1.54, 1.807) is 0 Å². The van der Waals surface area contributed by atoms with Crippen molar-refractivity contribution in [3.63, 3.8) is 0 Å². The molecule has 0 saturated heterocycles. The number of imidazole rings is 1. The molecule has 0 radical (unpaired) electrons. The molecule has 0 amide bonds. The summed E-state index contributed by atoms with van der Waals surface area (Å²) in [7, 11) is 0. The molecular weight excluding hydrogens is 229 g/mol. The van der Waals surface area contributed by atoms with Crippen LogP contribution in [0.5, 0.6) is 0 Å². The Morgan fingerprint density at radius 2 is 2.11 bits per heavy atom. The van der Waals surface area contributed by atoms with Crippen LogP contribution in [-0.4, -0.2) is 9.55 Å². The number of hydrogen-bond acceptors (Lipinski definition) is 2. The number of aromatic nitrogens is 2. The molecule has 1 saturated carbocycles. The van der Waals surface area contributed by atoms with Gasteiger partial charge in [0.15, 0.2) is 0 Å². The highest BCUT2D eigenvalue weighted by Gasteiger charge is 2.30. The second-order valence-corrected chi connectivity index (χ2v) is 5.47. The van der Waals surface area contributed by atoms with Crippen molar-refractivity contribution >= 4 is 11.0 Å². The van der Waals surface area contributed by atoms with Gasteiger partial charge in [-0.3, -0.25) is 0 Å². The van der Waals surface area contributed by atoms with Gasteiger partial charge in [0.05, 0.1) is 17.1 Å². The van der Waals surface area contributed by atoms with Crippen molar-refractivity contribution in [3.8, 4) is 0 Å². The molecule has 4 heteroatoms. The topological polar surface area (TPSA) is 43.8 Å². The minimum atomic E-state index is -0.243. The zero-order chi connectivity index (χ0) is 12.9. The molecule has 1 aromatic carbocycles. The Morgan fingerprint density at radius 1 is 1.39 bits per heavy atom. The Morgan fingerprint density at radius 3 is 2.72 bits per heavy atom. The van der Waals surface area contributed by atoms with E-state index in [2.05, 4.69) is 23.4 Å². The number of nitrogens with zero attached hydrogens (tertiary/aromatic N) is 2. The SMILES string of the molecule is CC(C)C(N)c1nc2cc(F)ccc2n1C1CC1. The molecule has 1 unspecified atom stereocenters. The van der Waals surface area contributed by atoms with Gasteiger partial charge in [0.1, 0.15) is 11.6 Å². The van der Waals surface area contributed by atoms with Gasteiger partial charge in [0, 0.05) is 12.1 Å². The minimum absolute atomic E-state index is 0.0962. The first-order valence-corrected chi connectivity index (χ1v) is 6.51. The molecule has 1 atom stereocenters. The Labute approximate surface area is 106 Å². The lowest BCUT2D eigenvalue weighted by molar-refractivity contribution is 0.470. The molecule has 3 rings (SSSR count). The van der Waals surface area contributed by atoms with Crippen LogP contribution >= 0.6 is 0 Å². The summed E-state index contributed by atoms with van der Waals surface area (Å²) >= 11 is 0. The van der Waals surface area contributed by atoms with Crippen LogP contribution in [0.1, 0.15) is 44.6 Å². The Hall–Kier alpha value is -1.42. The zero-order valence-corrected chi connectivity index (χ0v) is 10.7. The quantitative estimate of drug-likeness (QED) is 0.905. The van der Waals surface area contributed by atoms with Crippen molar-refractivity contribution in [1.29, 1.82) is 0 Å². The van der Waals surface area contributed by atoms with Gasteiger partial charge in [-0.05, 0) is 30.9 Å². The van der Waals surface area contributed by atoms with Crippen LogP contribution in [0.3, 0.4) is 0 Å². The summed E-state index contributed by atoms with van der Waals surface area (Å²) < 4.78 is 15.5. The van der Waals surface area contributed by atoms with Crippen molar-refractivity contribution < 1.29 is 4.39 Å². The van der Waals surface area contributed by atoms with Gasteiger partial charge in [0.2, 0.25) is 0 Å². The van der Waals surface area contributed by atoms with Crippen LogP contribution in [0, 0.1) is 11.7 Å². The lowest BCUT2D eigenvalue weighted by atomic mass is 10.1. The number of benzene rings is 1. The van der Waals surface area contributed by atoms with E-state index in [1.165, 1.54) is 25.0 Å². The Kier molecular flexibility index (Phi) is 2.63. The smallest absolute Gasteiger partial charge is 0.127 e. The van der Waals surface area contributed by atoms with Crippen molar-refractivity contribution in [2.75, 3.05) is 0 Å². The van der Waals surface area contributed by atoms with Crippen LogP contribution in [0.4, 0.5) is 4.39 Å². The van der Waals surface area contributed by atoms with E-state index in [0.29, 0.717) is 17.5 Å². The molecule has 1 fully saturated rings. The van der Waals surface area contributed by atoms with E-state index in [4.69, 9.17) is 5.73 Å². The van der Waals surface area contributed by atoms with Crippen LogP contribution in [0.2, 0.25) is 0 Å². The van der Waals surface area contributed by atoms with Gasteiger partial charge in [-0.2, -0.15) is 0 Å². The highest BCUT2D eigenvalue weighted by atomic mass is 19.1. The van der Waals surface area contributed by atoms with Gasteiger partial charge >= 0.3 is 0 Å². The first-order valence-electron chi connectivity index (χ1n) is 6.51. The summed E-state index contributed by atoms with van der Waals surface area (Å²) in [6.07, 6.45) is 2.33. The Bertz CT molecular complexity index is 584. The van der Waals surface area contributed by atoms with Crippen molar-refractivity contribution in [1.82, 2.24) is 9.55 Å². The third-order valence-electron chi connectivity index (χ3n) is 3.61. The molecule has 18 heavy (non-hydrogen) atoms. The second-order valence-electron chi connectivity index (χ2n) is 5.47. The third kappa shape index (κ3) is 1.81. The lowest BCUT2D eigenvalue weighted by Crippen LogP contribution is -2.21. The molecule has 0 spiro atoms. The van der Waals surface area contributed by atoms with Crippen LogP contribution in [-0.2, 0) is 0 Å². The van der Waals surface area contributed by atoms with Crippen LogP contribution < -0.4 is 5.73 Å². The first-order chi connectivity index (χ1) is 8.58. The van der Waals surface area contributed by atoms with Crippen LogP contribution in [0.15, 0.2) is 18.2 Å². The van der Waals surface area contributed by atoms with E-state index < -0.39 is 0 Å². The summed E-state index contributed by atoms with van der Waals surface area (Å²) in [6, 6.07) is 5.20. The molecule has 1 aliphatic carbocycles. The van der Waals surface area contributed by atoms with Gasteiger partial charge in [-0.25, -0.2) is 9.37 Å². The van der Waals surface area contributed by atoms with E-state index >= 15 is 0 Å². The number of fused-ring (bicyclic) bond motifs is 1. The van der Waals surface area contributed by atoms with E-state index in [1.807, 2.05) is 6.07 Å². The highest BCUT2D eigenvalue weighted by molar-refractivity contribution is 5.76. The van der Waals surface area contributed by atoms with E-state index in [9.17, 15) is 4.39 Å². The highest BCUT2D eigenvalue weighted by Crippen LogP contribution is 2.40. The maximum atomic E-state index is 13.3. The number of hydrogen-bond donors (Lipinski definition) is 1. The average molecular weight is 247 g/mol. The largest absolute Gasteiger partial charge is 0.324 e. The summed E-state index contributed by atoms with van der Waals surface area (Å²) in [6.45, 7) is 4.17. The summed E-state index contributed by atoms with van der Waals surface area (Å²) in [5.41, 5.74) is 7.95. The zero-order valence-electron chi connectivity index (χ0n) is 10.7. The third-order valence-corrected chi connectivity index (χ3v) is 3.61. The molecule has 1 aliphatic rings. The molecule has 2 N–H and O–H groups in total. The number of nitrogens with two attached hydrogens (primary N) is 1. The first kappa shape index (κ1) is 11.7. The fraction of sp³-hybridized carbons (Fsp3) is 0.500. The van der Waals surface area contributed by atoms with E-state index in [0.717, 1.165) is 11.3 Å². The minimum Gasteiger partial charge on any atom is -0.324 e. The van der Waals surface area contributed by atoms with Crippen molar-refractivity contribution in [3.05, 3.63) is 29.8 Å². The summed E-state index contributed by atoms with van der Waals surface area (Å²) in [5, 5.41) is 0. The molecule has 0 bridgehead atoms. The maximum absolute atomic E-state index is 13.3. The predicted octanol–water partition coefficient (Wildman–Crippen LogP) is 3.17. The fourth-order valence-corrected chi connectivity index (χ4v) is 2.34. The molecule has 1 heterocycles. The number of rotatable bonds is 3. The van der Waals surface area contributed by atoms with Crippen LogP contribution in [0.25, 0.3) is 11.0 Å². The normalized spacial score (nSPS) is 17.6. The van der Waals surface area contributed by atoms with Gasteiger partial charge in [0.25, 0.3) is 0 Å². The van der Waals surface area contributed by atoms with Gasteiger partial charge < -0.3 is 10.3 Å². The standard InChI is InChI=1S/C14H18FN3/c1-8(2)13(16)14-17-11-7-9(15)3-6-12(11)18(14)10-4-5-10/h3,6-8,10,13H,4-5,16H2,1-2H3. The molecule has 3 nitrogen and oxygen atoms in total. The molecule has 2 aromatic rings. The fourth-order valence-electron chi connectivity index (χ4n) is 2.34. The molecule has 0 aliphatic heterocycles. The van der Waals surface area contributed by atoms with Crippen molar-refractivity contribution in [2.24, 2.45) is 11.7 Å². The molecular formula is C14H18FN3. The predicted molar refractivity (Wildman–Crippen MR) is 69.7 cm³/mol.